The molecule has 6 nitrogen and oxygen atoms in total. The van der Waals surface area contributed by atoms with Crippen LogP contribution in [0.2, 0.25) is 0 Å². The third kappa shape index (κ3) is 5.42. The van der Waals surface area contributed by atoms with Crippen LogP contribution in [0.3, 0.4) is 0 Å². The molecule has 0 spiro atoms. The van der Waals surface area contributed by atoms with Gasteiger partial charge in [0.25, 0.3) is 0 Å². The lowest BCUT2D eigenvalue weighted by Gasteiger charge is -2.41. The molecule has 1 fully saturated rings. The molecular weight excluding hydrogens is 382 g/mol. The monoisotopic (exact) mass is 409 g/mol. The Morgan fingerprint density at radius 1 is 1.30 bits per heavy atom. The molecule has 1 saturated heterocycles. The number of para-hydroxylation sites is 1. The van der Waals surface area contributed by atoms with E-state index >= 15 is 0 Å². The Kier molecular flexibility index (Phi) is 8.04. The molecule has 2 atom stereocenters. The molecule has 1 aliphatic heterocycles. The molecule has 8 heteroatoms. The number of hydrogen-bond donors (Lipinski definition) is 1. The van der Waals surface area contributed by atoms with E-state index in [0.717, 1.165) is 16.3 Å². The number of amides is 3. The van der Waals surface area contributed by atoms with Crippen LogP contribution >= 0.6 is 23.5 Å². The van der Waals surface area contributed by atoms with Gasteiger partial charge in [-0.2, -0.15) is 11.8 Å². The van der Waals surface area contributed by atoms with Gasteiger partial charge in [-0.05, 0) is 43.7 Å². The molecule has 3 amide bonds. The number of benzene rings is 1. The molecule has 1 N–H and O–H groups in total. The summed E-state index contributed by atoms with van der Waals surface area (Å²) in [7, 11) is 0. The van der Waals surface area contributed by atoms with Gasteiger partial charge in [0.1, 0.15) is 12.6 Å². The van der Waals surface area contributed by atoms with E-state index in [2.05, 4.69) is 5.32 Å². The van der Waals surface area contributed by atoms with Crippen molar-refractivity contribution < 1.29 is 14.4 Å². The Bertz CT molecular complexity index is 699. The van der Waals surface area contributed by atoms with Gasteiger partial charge in [-0.25, -0.2) is 0 Å². The fourth-order valence-corrected chi connectivity index (χ4v) is 4.34. The number of thioether (sulfide) groups is 2. The fourth-order valence-electron chi connectivity index (χ4n) is 3.28. The van der Waals surface area contributed by atoms with Crippen LogP contribution in [0.25, 0.3) is 0 Å². The minimum atomic E-state index is -0.583. The van der Waals surface area contributed by atoms with Crippen molar-refractivity contribution in [3.8, 4) is 0 Å². The quantitative estimate of drug-likeness (QED) is 0.700. The summed E-state index contributed by atoms with van der Waals surface area (Å²) in [6, 6.07) is 7.08. The van der Waals surface area contributed by atoms with Gasteiger partial charge < -0.3 is 15.1 Å². The zero-order chi connectivity index (χ0) is 20.0. The van der Waals surface area contributed by atoms with E-state index in [0.29, 0.717) is 13.0 Å². The summed E-state index contributed by atoms with van der Waals surface area (Å²) >= 11 is 3.22. The molecule has 1 unspecified atom stereocenters. The Morgan fingerprint density at radius 2 is 2.00 bits per heavy atom. The molecule has 0 aromatic heterocycles. The Morgan fingerprint density at radius 3 is 2.59 bits per heavy atom. The molecule has 1 aromatic carbocycles. The first-order chi connectivity index (χ1) is 12.9. The average molecular weight is 410 g/mol. The van der Waals surface area contributed by atoms with Crippen molar-refractivity contribution in [1.29, 1.82) is 0 Å². The summed E-state index contributed by atoms with van der Waals surface area (Å²) in [4.78, 5) is 41.7. The SMILES string of the molecule is CSCC[C@H](NC(C)=O)C(=O)N1CC(=O)N(c2ccccc2SC)C(C)C1. The van der Waals surface area contributed by atoms with Gasteiger partial charge in [0.05, 0.1) is 11.7 Å². The van der Waals surface area contributed by atoms with Gasteiger partial charge in [-0.15, -0.1) is 11.8 Å². The molecule has 0 radical (unpaired) electrons. The van der Waals surface area contributed by atoms with Crippen LogP contribution in [-0.2, 0) is 14.4 Å². The summed E-state index contributed by atoms with van der Waals surface area (Å²) in [6.07, 6.45) is 4.50. The molecule has 0 saturated carbocycles. The number of nitrogens with one attached hydrogen (secondary N) is 1. The van der Waals surface area contributed by atoms with Crippen LogP contribution in [0.4, 0.5) is 5.69 Å². The molecule has 148 valence electrons. The highest BCUT2D eigenvalue weighted by atomic mass is 32.2. The summed E-state index contributed by atoms with van der Waals surface area (Å²) in [6.45, 7) is 3.83. The maximum Gasteiger partial charge on any atom is 0.246 e. The Hall–Kier alpha value is -1.67. The zero-order valence-electron chi connectivity index (χ0n) is 16.2. The second-order valence-corrected chi connectivity index (χ2v) is 8.37. The maximum atomic E-state index is 12.9. The molecular formula is C19H27N3O3S2. The first-order valence-corrected chi connectivity index (χ1v) is 11.5. The van der Waals surface area contributed by atoms with E-state index in [4.69, 9.17) is 0 Å². The minimum absolute atomic E-state index is 0.0290. The Labute approximate surface area is 169 Å². The predicted molar refractivity (Wildman–Crippen MR) is 112 cm³/mol. The zero-order valence-corrected chi connectivity index (χ0v) is 17.9. The van der Waals surface area contributed by atoms with Crippen molar-refractivity contribution in [3.05, 3.63) is 24.3 Å². The van der Waals surface area contributed by atoms with Crippen LogP contribution in [0.5, 0.6) is 0 Å². The normalized spacial score (nSPS) is 18.4. The average Bonchev–Trinajstić information content (AvgIpc) is 2.64. The highest BCUT2D eigenvalue weighted by Gasteiger charge is 2.36. The van der Waals surface area contributed by atoms with E-state index in [-0.39, 0.29) is 30.3 Å². The Balaban J connectivity index is 2.16. The third-order valence-corrected chi connectivity index (χ3v) is 5.89. The van der Waals surface area contributed by atoms with Crippen LogP contribution in [0.15, 0.2) is 29.2 Å². The lowest BCUT2D eigenvalue weighted by Crippen LogP contribution is -2.60. The first-order valence-electron chi connectivity index (χ1n) is 8.89. The number of carbonyl (C=O) groups is 3. The number of piperazine rings is 1. The fraction of sp³-hybridized carbons (Fsp3) is 0.526. The molecule has 0 bridgehead atoms. The molecule has 2 rings (SSSR count). The molecule has 1 heterocycles. The van der Waals surface area contributed by atoms with Gasteiger partial charge in [-0.3, -0.25) is 14.4 Å². The molecule has 0 aliphatic carbocycles. The van der Waals surface area contributed by atoms with Gasteiger partial charge in [0.15, 0.2) is 0 Å². The minimum Gasteiger partial charge on any atom is -0.345 e. The van der Waals surface area contributed by atoms with Crippen LogP contribution in [-0.4, -0.2) is 66.1 Å². The van der Waals surface area contributed by atoms with Crippen molar-refractivity contribution in [3.63, 3.8) is 0 Å². The number of anilines is 1. The molecule has 1 aromatic rings. The highest BCUT2D eigenvalue weighted by Crippen LogP contribution is 2.31. The highest BCUT2D eigenvalue weighted by molar-refractivity contribution is 7.98. The van der Waals surface area contributed by atoms with E-state index in [1.54, 1.807) is 33.3 Å². The summed E-state index contributed by atoms with van der Waals surface area (Å²) in [5.41, 5.74) is 0.885. The number of rotatable bonds is 7. The van der Waals surface area contributed by atoms with Gasteiger partial charge in [-0.1, -0.05) is 12.1 Å². The van der Waals surface area contributed by atoms with Crippen LogP contribution in [0, 0.1) is 0 Å². The van der Waals surface area contributed by atoms with Gasteiger partial charge in [0.2, 0.25) is 17.7 Å². The van der Waals surface area contributed by atoms with E-state index in [1.807, 2.05) is 43.7 Å². The lowest BCUT2D eigenvalue weighted by molar-refractivity contribution is -0.140. The number of nitrogens with zero attached hydrogens (tertiary/aromatic N) is 2. The number of carbonyl (C=O) groups excluding carboxylic acids is 3. The van der Waals surface area contributed by atoms with Gasteiger partial charge >= 0.3 is 0 Å². The van der Waals surface area contributed by atoms with Crippen molar-refractivity contribution >= 4 is 46.9 Å². The van der Waals surface area contributed by atoms with Crippen molar-refractivity contribution in [2.24, 2.45) is 0 Å². The predicted octanol–water partition coefficient (Wildman–Crippen LogP) is 2.23. The molecule has 1 aliphatic rings. The van der Waals surface area contributed by atoms with Crippen molar-refractivity contribution in [2.75, 3.05) is 36.3 Å². The second-order valence-electron chi connectivity index (χ2n) is 6.54. The summed E-state index contributed by atoms with van der Waals surface area (Å²) in [5, 5.41) is 2.73. The summed E-state index contributed by atoms with van der Waals surface area (Å²) < 4.78 is 0. The van der Waals surface area contributed by atoms with Gasteiger partial charge in [0, 0.05) is 18.4 Å². The van der Waals surface area contributed by atoms with E-state index in [1.165, 1.54) is 6.92 Å². The van der Waals surface area contributed by atoms with E-state index < -0.39 is 6.04 Å². The summed E-state index contributed by atoms with van der Waals surface area (Å²) in [5.74, 6) is 0.245. The van der Waals surface area contributed by atoms with Crippen LogP contribution in [0.1, 0.15) is 20.3 Å². The standard InChI is InChI=1S/C19H27N3O3S2/c1-13-11-21(19(25)15(9-10-26-3)20-14(2)23)12-18(24)22(13)16-7-5-6-8-17(16)27-4/h5-8,13,15H,9-12H2,1-4H3,(H,20,23)/t13?,15-/m0/s1. The largest absolute Gasteiger partial charge is 0.345 e. The smallest absolute Gasteiger partial charge is 0.246 e. The topological polar surface area (TPSA) is 69.7 Å². The second kappa shape index (κ2) is 10.0. The molecule has 27 heavy (non-hydrogen) atoms. The first kappa shape index (κ1) is 21.6. The van der Waals surface area contributed by atoms with Crippen molar-refractivity contribution in [1.82, 2.24) is 10.2 Å². The third-order valence-electron chi connectivity index (χ3n) is 4.46. The van der Waals surface area contributed by atoms with Crippen LogP contribution < -0.4 is 10.2 Å². The number of hydrogen-bond acceptors (Lipinski definition) is 5. The van der Waals surface area contributed by atoms with E-state index in [9.17, 15) is 14.4 Å². The van der Waals surface area contributed by atoms with Crippen molar-refractivity contribution in [2.45, 2.75) is 37.2 Å². The maximum absolute atomic E-state index is 12.9. The lowest BCUT2D eigenvalue weighted by atomic mass is 10.1.